The number of fused-ring (bicyclic) bond motifs is 1. The van der Waals surface area contributed by atoms with Gasteiger partial charge in [-0.25, -0.2) is 0 Å². The van der Waals surface area contributed by atoms with Crippen molar-refractivity contribution in [3.63, 3.8) is 0 Å². The van der Waals surface area contributed by atoms with E-state index in [-0.39, 0.29) is 6.61 Å². The maximum atomic E-state index is 11.7. The van der Waals surface area contributed by atoms with Crippen molar-refractivity contribution in [1.29, 1.82) is 0 Å². The van der Waals surface area contributed by atoms with Gasteiger partial charge in [0.15, 0.2) is 0 Å². The molecule has 0 bridgehead atoms. The van der Waals surface area contributed by atoms with E-state index in [4.69, 9.17) is 5.11 Å². The predicted molar refractivity (Wildman–Crippen MR) is 62.5 cm³/mol. The molecule has 0 saturated carbocycles. The van der Waals surface area contributed by atoms with E-state index in [2.05, 4.69) is 15.9 Å². The fraction of sp³-hybridized carbons (Fsp3) is 0.273. The standard InChI is InChI=1S/C11H10BrNO3/c12-7-2-3-8-9(6-7)13(4-1-5-14)11(16)10(8)15/h2-3,6,14H,1,4-5H2. The average Bonchev–Trinajstić information content (AvgIpc) is 2.50. The molecule has 2 rings (SSSR count). The minimum Gasteiger partial charge on any atom is -0.396 e. The number of amides is 1. The van der Waals surface area contributed by atoms with Crippen molar-refractivity contribution >= 4 is 33.3 Å². The maximum absolute atomic E-state index is 11.7. The predicted octanol–water partition coefficient (Wildman–Crippen LogP) is 1.36. The number of halogens is 1. The van der Waals surface area contributed by atoms with Gasteiger partial charge < -0.3 is 10.0 Å². The molecule has 0 unspecified atom stereocenters. The number of rotatable bonds is 3. The summed E-state index contributed by atoms with van der Waals surface area (Å²) in [6.45, 7) is 0.367. The minimum atomic E-state index is -0.512. The van der Waals surface area contributed by atoms with Gasteiger partial charge in [-0.2, -0.15) is 0 Å². The summed E-state index contributed by atoms with van der Waals surface area (Å²) in [6, 6.07) is 5.12. The Kier molecular flexibility index (Phi) is 3.07. The van der Waals surface area contributed by atoms with E-state index in [1.807, 2.05) is 0 Å². The molecule has 0 fully saturated rings. The van der Waals surface area contributed by atoms with E-state index in [1.165, 1.54) is 4.90 Å². The zero-order valence-corrected chi connectivity index (χ0v) is 10.0. The molecule has 0 spiro atoms. The minimum absolute atomic E-state index is 0.00130. The molecule has 1 amide bonds. The van der Waals surface area contributed by atoms with E-state index < -0.39 is 11.7 Å². The van der Waals surface area contributed by atoms with Crippen molar-refractivity contribution in [1.82, 2.24) is 0 Å². The Morgan fingerprint density at radius 3 is 2.75 bits per heavy atom. The Morgan fingerprint density at radius 2 is 2.06 bits per heavy atom. The van der Waals surface area contributed by atoms with Gasteiger partial charge in [0.05, 0.1) is 11.3 Å². The molecular formula is C11H10BrNO3. The summed E-state index contributed by atoms with van der Waals surface area (Å²) in [5.41, 5.74) is 1.06. The van der Waals surface area contributed by atoms with Crippen molar-refractivity contribution in [3.8, 4) is 0 Å². The summed E-state index contributed by atoms with van der Waals surface area (Å²) in [7, 11) is 0. The molecule has 1 aromatic rings. The fourth-order valence-electron chi connectivity index (χ4n) is 1.72. The van der Waals surface area contributed by atoms with E-state index in [0.29, 0.717) is 24.2 Å². The number of carbonyl (C=O) groups is 2. The number of ketones is 1. The van der Waals surface area contributed by atoms with E-state index in [1.54, 1.807) is 18.2 Å². The zero-order valence-electron chi connectivity index (χ0n) is 8.44. The highest BCUT2D eigenvalue weighted by molar-refractivity contribution is 9.10. The second kappa shape index (κ2) is 4.35. The van der Waals surface area contributed by atoms with Crippen LogP contribution in [0.4, 0.5) is 5.69 Å². The Labute approximate surface area is 101 Å². The number of nitrogens with zero attached hydrogens (tertiary/aromatic N) is 1. The van der Waals surface area contributed by atoms with Crippen LogP contribution in [-0.4, -0.2) is 29.9 Å². The second-order valence-corrected chi connectivity index (χ2v) is 4.44. The van der Waals surface area contributed by atoms with Gasteiger partial charge in [-0.05, 0) is 24.6 Å². The lowest BCUT2D eigenvalue weighted by Gasteiger charge is -2.15. The van der Waals surface area contributed by atoms with Crippen LogP contribution in [0.5, 0.6) is 0 Å². The molecule has 0 atom stereocenters. The highest BCUT2D eigenvalue weighted by Crippen LogP contribution is 2.31. The van der Waals surface area contributed by atoms with E-state index >= 15 is 0 Å². The van der Waals surface area contributed by atoms with Crippen LogP contribution < -0.4 is 4.90 Å². The molecule has 5 heteroatoms. The van der Waals surface area contributed by atoms with Crippen molar-refractivity contribution in [2.24, 2.45) is 0 Å². The summed E-state index contributed by atoms with van der Waals surface area (Å²) in [5.74, 6) is -0.984. The highest BCUT2D eigenvalue weighted by Gasteiger charge is 2.35. The van der Waals surface area contributed by atoms with Crippen LogP contribution >= 0.6 is 15.9 Å². The topological polar surface area (TPSA) is 57.6 Å². The van der Waals surface area contributed by atoms with Crippen LogP contribution in [0.2, 0.25) is 0 Å². The quantitative estimate of drug-likeness (QED) is 0.853. The molecule has 0 aromatic heterocycles. The third-order valence-electron chi connectivity index (χ3n) is 2.47. The van der Waals surface area contributed by atoms with Crippen LogP contribution in [0, 0.1) is 0 Å². The highest BCUT2D eigenvalue weighted by atomic mass is 79.9. The monoisotopic (exact) mass is 283 g/mol. The van der Waals surface area contributed by atoms with Crippen LogP contribution in [0.1, 0.15) is 16.8 Å². The van der Waals surface area contributed by atoms with Crippen LogP contribution in [0.3, 0.4) is 0 Å². The number of hydrogen-bond acceptors (Lipinski definition) is 3. The first kappa shape index (κ1) is 11.3. The van der Waals surface area contributed by atoms with Gasteiger partial charge >= 0.3 is 0 Å². The summed E-state index contributed by atoms with van der Waals surface area (Å²) in [4.78, 5) is 24.7. The van der Waals surface area contributed by atoms with E-state index in [0.717, 1.165) is 4.47 Å². The van der Waals surface area contributed by atoms with Gasteiger partial charge in [0.2, 0.25) is 0 Å². The SMILES string of the molecule is O=C1C(=O)N(CCCO)c2cc(Br)ccc21. The molecule has 16 heavy (non-hydrogen) atoms. The smallest absolute Gasteiger partial charge is 0.299 e. The second-order valence-electron chi connectivity index (χ2n) is 3.52. The molecule has 1 N–H and O–H groups in total. The van der Waals surface area contributed by atoms with Gasteiger partial charge in [0, 0.05) is 17.6 Å². The van der Waals surface area contributed by atoms with Crippen molar-refractivity contribution < 1.29 is 14.7 Å². The molecule has 1 aliphatic rings. The van der Waals surface area contributed by atoms with Gasteiger partial charge in [-0.15, -0.1) is 0 Å². The molecule has 0 aliphatic carbocycles. The molecule has 0 saturated heterocycles. The maximum Gasteiger partial charge on any atom is 0.299 e. The number of aliphatic hydroxyl groups is 1. The number of benzene rings is 1. The number of Topliss-reactive ketones (excluding diaryl/α,β-unsaturated/α-hetero) is 1. The third kappa shape index (κ3) is 1.76. The fourth-order valence-corrected chi connectivity index (χ4v) is 2.07. The van der Waals surface area contributed by atoms with Gasteiger partial charge in [-0.3, -0.25) is 9.59 Å². The Hall–Kier alpha value is -1.20. The summed E-state index contributed by atoms with van der Waals surface area (Å²) < 4.78 is 0.822. The van der Waals surface area contributed by atoms with Crippen molar-refractivity contribution in [3.05, 3.63) is 28.2 Å². The van der Waals surface area contributed by atoms with E-state index in [9.17, 15) is 9.59 Å². The van der Waals surface area contributed by atoms with Crippen molar-refractivity contribution in [2.75, 3.05) is 18.1 Å². The average molecular weight is 284 g/mol. The first-order valence-electron chi connectivity index (χ1n) is 4.91. The summed E-state index contributed by atoms with van der Waals surface area (Å²) in [5, 5.41) is 8.75. The number of carbonyl (C=O) groups excluding carboxylic acids is 2. The number of hydrogen-bond donors (Lipinski definition) is 1. The van der Waals surface area contributed by atoms with Crippen LogP contribution in [-0.2, 0) is 4.79 Å². The Morgan fingerprint density at radius 1 is 1.31 bits per heavy atom. The molecule has 1 heterocycles. The lowest BCUT2D eigenvalue weighted by atomic mass is 10.1. The molecule has 84 valence electrons. The van der Waals surface area contributed by atoms with Gasteiger partial charge in [-0.1, -0.05) is 15.9 Å². The molecule has 0 radical (unpaired) electrons. The summed E-state index contributed by atoms with van der Waals surface area (Å²) >= 11 is 3.30. The lowest BCUT2D eigenvalue weighted by Crippen LogP contribution is -2.31. The molecule has 1 aromatic carbocycles. The Balaban J connectivity index is 2.39. The normalized spacial score (nSPS) is 14.5. The first-order valence-corrected chi connectivity index (χ1v) is 5.71. The number of anilines is 1. The largest absolute Gasteiger partial charge is 0.396 e. The zero-order chi connectivity index (χ0) is 11.7. The lowest BCUT2D eigenvalue weighted by molar-refractivity contribution is -0.114. The van der Waals surface area contributed by atoms with Crippen LogP contribution in [0.15, 0.2) is 22.7 Å². The van der Waals surface area contributed by atoms with Gasteiger partial charge in [0.25, 0.3) is 11.7 Å². The number of aliphatic hydroxyl groups excluding tert-OH is 1. The first-order chi connectivity index (χ1) is 7.65. The molecular weight excluding hydrogens is 274 g/mol. The molecule has 1 aliphatic heterocycles. The Bertz CT molecular complexity index is 459. The molecule has 4 nitrogen and oxygen atoms in total. The summed E-state index contributed by atoms with van der Waals surface area (Å²) in [6.07, 6.45) is 0.463. The van der Waals surface area contributed by atoms with Gasteiger partial charge in [0.1, 0.15) is 0 Å². The van der Waals surface area contributed by atoms with Crippen LogP contribution in [0.25, 0.3) is 0 Å². The van der Waals surface area contributed by atoms with Crippen molar-refractivity contribution in [2.45, 2.75) is 6.42 Å². The third-order valence-corrected chi connectivity index (χ3v) is 2.97.